The summed E-state index contributed by atoms with van der Waals surface area (Å²) in [5.74, 6) is 0. The monoisotopic (exact) mass is 256 g/mol. The normalized spacial score (nSPS) is 17.1. The van der Waals surface area contributed by atoms with Gasteiger partial charge in [-0.25, -0.2) is 0 Å². The Morgan fingerprint density at radius 1 is 1.39 bits per heavy atom. The van der Waals surface area contributed by atoms with E-state index in [2.05, 4.69) is 5.32 Å². The van der Waals surface area contributed by atoms with E-state index in [0.717, 1.165) is 18.9 Å². The molecule has 1 aliphatic rings. The predicted molar refractivity (Wildman–Crippen MR) is 58.8 cm³/mol. The SMILES string of the molecule is N#Cc1cc(NC2(CO)CC2)ccc1C(F)(F)F. The van der Waals surface area contributed by atoms with Gasteiger partial charge in [-0.05, 0) is 31.0 Å². The Morgan fingerprint density at radius 3 is 2.50 bits per heavy atom. The van der Waals surface area contributed by atoms with Crippen LogP contribution >= 0.6 is 0 Å². The zero-order valence-corrected chi connectivity index (χ0v) is 9.38. The van der Waals surface area contributed by atoms with Crippen LogP contribution in [0.2, 0.25) is 0 Å². The minimum atomic E-state index is -4.53. The topological polar surface area (TPSA) is 56.0 Å². The van der Waals surface area contributed by atoms with Gasteiger partial charge in [-0.3, -0.25) is 0 Å². The van der Waals surface area contributed by atoms with Crippen molar-refractivity contribution >= 4 is 5.69 Å². The van der Waals surface area contributed by atoms with Crippen LogP contribution in [0.1, 0.15) is 24.0 Å². The first-order valence-electron chi connectivity index (χ1n) is 5.41. The van der Waals surface area contributed by atoms with Gasteiger partial charge in [-0.15, -0.1) is 0 Å². The summed E-state index contributed by atoms with van der Waals surface area (Å²) in [5, 5.41) is 20.8. The summed E-state index contributed by atoms with van der Waals surface area (Å²) in [5.41, 5.74) is -1.36. The van der Waals surface area contributed by atoms with Crippen molar-refractivity contribution in [1.29, 1.82) is 5.26 Å². The lowest BCUT2D eigenvalue weighted by Gasteiger charge is -2.17. The molecular weight excluding hydrogens is 245 g/mol. The molecule has 96 valence electrons. The highest BCUT2D eigenvalue weighted by Crippen LogP contribution is 2.39. The number of hydrogen-bond donors (Lipinski definition) is 2. The largest absolute Gasteiger partial charge is 0.417 e. The molecule has 2 N–H and O–H groups in total. The smallest absolute Gasteiger partial charge is 0.394 e. The van der Waals surface area contributed by atoms with E-state index >= 15 is 0 Å². The number of aliphatic hydroxyl groups excluding tert-OH is 1. The van der Waals surface area contributed by atoms with E-state index in [-0.39, 0.29) is 6.61 Å². The third kappa shape index (κ3) is 2.41. The highest BCUT2D eigenvalue weighted by Gasteiger charge is 2.42. The third-order valence-electron chi connectivity index (χ3n) is 3.01. The molecule has 0 spiro atoms. The quantitative estimate of drug-likeness (QED) is 0.873. The maximum atomic E-state index is 12.6. The third-order valence-corrected chi connectivity index (χ3v) is 3.01. The van der Waals surface area contributed by atoms with Crippen LogP contribution in [0, 0.1) is 11.3 Å². The number of benzene rings is 1. The summed E-state index contributed by atoms with van der Waals surface area (Å²) in [6.07, 6.45) is -2.99. The summed E-state index contributed by atoms with van der Waals surface area (Å²) in [7, 11) is 0. The van der Waals surface area contributed by atoms with E-state index in [1.807, 2.05) is 0 Å². The van der Waals surface area contributed by atoms with E-state index in [4.69, 9.17) is 10.4 Å². The Hall–Kier alpha value is -1.74. The second kappa shape index (κ2) is 4.18. The number of rotatable bonds is 3. The molecule has 1 aromatic rings. The van der Waals surface area contributed by atoms with Gasteiger partial charge in [0.15, 0.2) is 0 Å². The van der Waals surface area contributed by atoms with Gasteiger partial charge < -0.3 is 10.4 Å². The summed E-state index contributed by atoms with van der Waals surface area (Å²) >= 11 is 0. The van der Waals surface area contributed by atoms with Gasteiger partial charge >= 0.3 is 6.18 Å². The van der Waals surface area contributed by atoms with Crippen molar-refractivity contribution in [1.82, 2.24) is 0 Å². The first-order valence-corrected chi connectivity index (χ1v) is 5.41. The Morgan fingerprint density at radius 2 is 2.06 bits per heavy atom. The second-order valence-corrected chi connectivity index (χ2v) is 4.43. The fourth-order valence-corrected chi connectivity index (χ4v) is 1.74. The number of nitrogens with zero attached hydrogens (tertiary/aromatic N) is 1. The van der Waals surface area contributed by atoms with Crippen LogP contribution in [0.3, 0.4) is 0 Å². The van der Waals surface area contributed by atoms with Gasteiger partial charge in [-0.1, -0.05) is 0 Å². The molecule has 0 radical (unpaired) electrons. The standard InChI is InChI=1S/C12H11F3N2O/c13-12(14,15)10-2-1-9(5-8(10)6-16)17-11(7-18)3-4-11/h1-2,5,17-18H,3-4,7H2. The average Bonchev–Trinajstić information content (AvgIpc) is 3.08. The number of alkyl halides is 3. The molecule has 1 aliphatic carbocycles. The Bertz CT molecular complexity index is 501. The van der Waals surface area contributed by atoms with Crippen molar-refractivity contribution in [3.8, 4) is 6.07 Å². The highest BCUT2D eigenvalue weighted by atomic mass is 19.4. The summed E-state index contributed by atoms with van der Waals surface area (Å²) < 4.78 is 37.7. The van der Waals surface area contributed by atoms with Crippen LogP contribution in [-0.2, 0) is 6.18 Å². The van der Waals surface area contributed by atoms with Crippen LogP contribution in [0.25, 0.3) is 0 Å². The van der Waals surface area contributed by atoms with Crippen molar-refractivity contribution in [3.05, 3.63) is 29.3 Å². The van der Waals surface area contributed by atoms with Crippen LogP contribution < -0.4 is 5.32 Å². The Labute approximate surface area is 102 Å². The van der Waals surface area contributed by atoms with E-state index in [9.17, 15) is 13.2 Å². The molecule has 0 unspecified atom stereocenters. The summed E-state index contributed by atoms with van der Waals surface area (Å²) in [6, 6.07) is 4.87. The van der Waals surface area contributed by atoms with Crippen LogP contribution in [0.5, 0.6) is 0 Å². The van der Waals surface area contributed by atoms with E-state index in [1.54, 1.807) is 6.07 Å². The zero-order valence-electron chi connectivity index (χ0n) is 9.38. The van der Waals surface area contributed by atoms with Gasteiger partial charge in [-0.2, -0.15) is 18.4 Å². The van der Waals surface area contributed by atoms with E-state index in [1.165, 1.54) is 12.1 Å². The highest BCUT2D eigenvalue weighted by molar-refractivity contribution is 5.55. The van der Waals surface area contributed by atoms with Gasteiger partial charge in [0, 0.05) is 5.69 Å². The zero-order chi connectivity index (χ0) is 13.4. The second-order valence-electron chi connectivity index (χ2n) is 4.43. The predicted octanol–water partition coefficient (Wildman–Crippen LogP) is 2.51. The lowest BCUT2D eigenvalue weighted by atomic mass is 10.1. The molecule has 18 heavy (non-hydrogen) atoms. The molecule has 1 saturated carbocycles. The van der Waals surface area contributed by atoms with Crippen molar-refractivity contribution in [2.75, 3.05) is 11.9 Å². The molecule has 0 saturated heterocycles. The average molecular weight is 256 g/mol. The molecule has 0 amide bonds. The number of halogens is 3. The van der Waals surface area contributed by atoms with E-state index in [0.29, 0.717) is 5.69 Å². The van der Waals surface area contributed by atoms with Crippen molar-refractivity contribution in [3.63, 3.8) is 0 Å². The van der Waals surface area contributed by atoms with Crippen molar-refractivity contribution in [2.24, 2.45) is 0 Å². The van der Waals surface area contributed by atoms with Gasteiger partial charge in [0.25, 0.3) is 0 Å². The molecular formula is C12H11F3N2O. The lowest BCUT2D eigenvalue weighted by molar-refractivity contribution is -0.137. The van der Waals surface area contributed by atoms with Crippen LogP contribution in [-0.4, -0.2) is 17.3 Å². The van der Waals surface area contributed by atoms with Gasteiger partial charge in [0.05, 0.1) is 29.3 Å². The molecule has 0 aliphatic heterocycles. The van der Waals surface area contributed by atoms with Crippen molar-refractivity contribution < 1.29 is 18.3 Å². The molecule has 3 nitrogen and oxygen atoms in total. The summed E-state index contributed by atoms with van der Waals surface area (Å²) in [4.78, 5) is 0. The van der Waals surface area contributed by atoms with Crippen LogP contribution in [0.15, 0.2) is 18.2 Å². The van der Waals surface area contributed by atoms with Crippen molar-refractivity contribution in [2.45, 2.75) is 24.6 Å². The number of nitriles is 1. The maximum Gasteiger partial charge on any atom is 0.417 e. The molecule has 0 atom stereocenters. The molecule has 1 aromatic carbocycles. The Kier molecular flexibility index (Phi) is 2.95. The molecule has 2 rings (SSSR count). The first kappa shape index (κ1) is 12.7. The number of aliphatic hydroxyl groups is 1. The molecule has 0 aromatic heterocycles. The number of nitrogens with one attached hydrogen (secondary N) is 1. The van der Waals surface area contributed by atoms with E-state index < -0.39 is 22.8 Å². The Balaban J connectivity index is 2.29. The fraction of sp³-hybridized carbons (Fsp3) is 0.417. The molecule has 0 heterocycles. The van der Waals surface area contributed by atoms with Crippen LogP contribution in [0.4, 0.5) is 18.9 Å². The molecule has 0 bridgehead atoms. The van der Waals surface area contributed by atoms with Gasteiger partial charge in [0.1, 0.15) is 0 Å². The molecule has 1 fully saturated rings. The lowest BCUT2D eigenvalue weighted by Crippen LogP contribution is -2.25. The number of hydrogen-bond acceptors (Lipinski definition) is 3. The fourth-order valence-electron chi connectivity index (χ4n) is 1.74. The minimum Gasteiger partial charge on any atom is -0.394 e. The maximum absolute atomic E-state index is 12.6. The first-order chi connectivity index (χ1) is 8.40. The minimum absolute atomic E-state index is 0.0735. The molecule has 6 heteroatoms. The number of anilines is 1. The summed E-state index contributed by atoms with van der Waals surface area (Å²) in [6.45, 7) is -0.0735. The van der Waals surface area contributed by atoms with Gasteiger partial charge in [0.2, 0.25) is 0 Å².